The van der Waals surface area contributed by atoms with Crippen molar-refractivity contribution in [2.24, 2.45) is 0 Å². The molecular weight excluding hydrogens is 334 g/mol. The van der Waals surface area contributed by atoms with Gasteiger partial charge in [0.05, 0.1) is 12.8 Å². The Morgan fingerprint density at radius 3 is 2.92 bits per heavy atom. The van der Waals surface area contributed by atoms with Crippen LogP contribution in [0.5, 0.6) is 11.5 Å². The van der Waals surface area contributed by atoms with Gasteiger partial charge in [0, 0.05) is 25.2 Å². The van der Waals surface area contributed by atoms with Crippen LogP contribution in [0, 0.1) is 0 Å². The molecule has 2 aliphatic heterocycles. The van der Waals surface area contributed by atoms with Crippen LogP contribution in [-0.4, -0.2) is 47.7 Å². The van der Waals surface area contributed by atoms with Gasteiger partial charge in [0.1, 0.15) is 16.4 Å². The Labute approximate surface area is 140 Å². The number of sulfonamides is 1. The highest BCUT2D eigenvalue weighted by Gasteiger charge is 2.25. The number of methoxy groups -OCH3 is 1. The van der Waals surface area contributed by atoms with Crippen molar-refractivity contribution >= 4 is 21.6 Å². The van der Waals surface area contributed by atoms with Crippen molar-refractivity contribution in [3.63, 3.8) is 0 Å². The largest absolute Gasteiger partial charge is 0.495 e. The first-order valence-electron chi connectivity index (χ1n) is 7.52. The number of benzene rings is 1. The van der Waals surface area contributed by atoms with Gasteiger partial charge in [-0.2, -0.15) is 0 Å². The number of nitrogens with one attached hydrogen (secondary N) is 3. The lowest BCUT2D eigenvalue weighted by molar-refractivity contribution is -0.118. The number of carbonyl (C=O) groups excluding carboxylic acids is 1. The highest BCUT2D eigenvalue weighted by atomic mass is 32.2. The second-order valence-corrected chi connectivity index (χ2v) is 7.21. The van der Waals surface area contributed by atoms with E-state index in [-0.39, 0.29) is 29.7 Å². The normalized spacial score (nSPS) is 17.4. The van der Waals surface area contributed by atoms with Crippen molar-refractivity contribution in [2.45, 2.75) is 11.3 Å². The number of hydrogen-bond acceptors (Lipinski definition) is 6. The summed E-state index contributed by atoms with van der Waals surface area (Å²) in [5.41, 5.74) is 1.43. The Morgan fingerprint density at radius 1 is 1.38 bits per heavy atom. The van der Waals surface area contributed by atoms with E-state index >= 15 is 0 Å². The number of anilines is 1. The van der Waals surface area contributed by atoms with Crippen molar-refractivity contribution in [3.05, 3.63) is 23.8 Å². The van der Waals surface area contributed by atoms with Gasteiger partial charge < -0.3 is 20.1 Å². The molecule has 0 radical (unpaired) electrons. The highest BCUT2D eigenvalue weighted by Crippen LogP contribution is 2.37. The average molecular weight is 353 g/mol. The molecule has 0 spiro atoms. The van der Waals surface area contributed by atoms with Crippen molar-refractivity contribution in [1.82, 2.24) is 10.0 Å². The third-order valence-electron chi connectivity index (χ3n) is 3.84. The predicted molar refractivity (Wildman–Crippen MR) is 87.9 cm³/mol. The van der Waals surface area contributed by atoms with Gasteiger partial charge in [-0.25, -0.2) is 13.1 Å². The summed E-state index contributed by atoms with van der Waals surface area (Å²) < 4.78 is 38.3. The summed E-state index contributed by atoms with van der Waals surface area (Å²) in [6.07, 6.45) is 2.79. The monoisotopic (exact) mass is 353 g/mol. The van der Waals surface area contributed by atoms with Gasteiger partial charge in [0.25, 0.3) is 5.91 Å². The molecule has 1 aromatic carbocycles. The molecule has 0 fully saturated rings. The molecule has 0 aromatic heterocycles. The lowest BCUT2D eigenvalue weighted by Crippen LogP contribution is -2.30. The number of carbonyl (C=O) groups is 1. The summed E-state index contributed by atoms with van der Waals surface area (Å²) >= 11 is 0. The minimum atomic E-state index is -3.78. The molecule has 24 heavy (non-hydrogen) atoms. The fourth-order valence-corrected chi connectivity index (χ4v) is 3.75. The molecule has 2 heterocycles. The number of ether oxygens (including phenoxy) is 2. The number of fused-ring (bicyclic) bond motifs is 1. The average Bonchev–Trinajstić information content (AvgIpc) is 2.59. The summed E-state index contributed by atoms with van der Waals surface area (Å²) in [5.74, 6) is 0.152. The molecule has 9 heteroatoms. The first-order chi connectivity index (χ1) is 11.5. The molecule has 3 rings (SSSR count). The molecular formula is C15H19N3O5S. The van der Waals surface area contributed by atoms with Crippen molar-refractivity contribution in [1.29, 1.82) is 0 Å². The van der Waals surface area contributed by atoms with Crippen LogP contribution in [0.15, 0.2) is 28.7 Å². The van der Waals surface area contributed by atoms with Gasteiger partial charge >= 0.3 is 0 Å². The lowest BCUT2D eigenvalue weighted by atomic mass is 10.1. The number of hydrogen-bond donors (Lipinski definition) is 3. The Morgan fingerprint density at radius 2 is 2.21 bits per heavy atom. The minimum absolute atomic E-state index is 0.0190. The third-order valence-corrected chi connectivity index (χ3v) is 5.26. The van der Waals surface area contributed by atoms with Crippen LogP contribution in [0.2, 0.25) is 0 Å². The molecule has 0 aliphatic carbocycles. The van der Waals surface area contributed by atoms with E-state index in [9.17, 15) is 13.2 Å². The molecule has 0 atom stereocenters. The number of rotatable bonds is 5. The maximum atomic E-state index is 12.6. The third kappa shape index (κ3) is 3.53. The molecule has 0 bridgehead atoms. The zero-order chi connectivity index (χ0) is 17.2. The van der Waals surface area contributed by atoms with E-state index in [1.54, 1.807) is 0 Å². The molecule has 8 nitrogen and oxygen atoms in total. The molecule has 1 aromatic rings. The highest BCUT2D eigenvalue weighted by molar-refractivity contribution is 7.89. The zero-order valence-electron chi connectivity index (χ0n) is 13.2. The molecule has 0 saturated heterocycles. The van der Waals surface area contributed by atoms with Crippen LogP contribution < -0.4 is 24.8 Å². The van der Waals surface area contributed by atoms with Gasteiger partial charge in [-0.05, 0) is 13.0 Å². The van der Waals surface area contributed by atoms with Gasteiger partial charge in [0.15, 0.2) is 6.61 Å². The van der Waals surface area contributed by atoms with Crippen molar-refractivity contribution in [2.75, 3.05) is 38.7 Å². The molecule has 1 amide bonds. The smallest absolute Gasteiger partial charge is 0.262 e. The first kappa shape index (κ1) is 16.7. The predicted octanol–water partition coefficient (Wildman–Crippen LogP) is 0.224. The van der Waals surface area contributed by atoms with Crippen molar-refractivity contribution in [3.8, 4) is 11.5 Å². The summed E-state index contributed by atoms with van der Waals surface area (Å²) in [4.78, 5) is 11.3. The molecule has 3 N–H and O–H groups in total. The van der Waals surface area contributed by atoms with Gasteiger partial charge in [-0.15, -0.1) is 0 Å². The molecule has 0 unspecified atom stereocenters. The zero-order valence-corrected chi connectivity index (χ0v) is 14.0. The van der Waals surface area contributed by atoms with Crippen LogP contribution in [0.4, 0.5) is 5.69 Å². The van der Waals surface area contributed by atoms with Crippen LogP contribution in [-0.2, 0) is 14.8 Å². The first-order valence-corrected chi connectivity index (χ1v) is 9.01. The van der Waals surface area contributed by atoms with E-state index in [4.69, 9.17) is 9.47 Å². The van der Waals surface area contributed by atoms with Crippen LogP contribution >= 0.6 is 0 Å². The van der Waals surface area contributed by atoms with Crippen LogP contribution in [0.1, 0.15) is 6.42 Å². The van der Waals surface area contributed by atoms with Crippen LogP contribution in [0.3, 0.4) is 0 Å². The van der Waals surface area contributed by atoms with Gasteiger partial charge in [-0.3, -0.25) is 4.79 Å². The Hall–Kier alpha value is -2.10. The van der Waals surface area contributed by atoms with Gasteiger partial charge in [-0.1, -0.05) is 11.6 Å². The summed E-state index contributed by atoms with van der Waals surface area (Å²) in [6.45, 7) is 1.68. The second kappa shape index (κ2) is 6.80. The molecule has 0 saturated carbocycles. The fourth-order valence-electron chi connectivity index (χ4n) is 2.55. The topological polar surface area (TPSA) is 106 Å². The van der Waals surface area contributed by atoms with E-state index in [1.165, 1.54) is 19.2 Å². The SMILES string of the molecule is COc1cc2c(cc1S(=O)(=O)NCC1=CCNCC1)OCC(=O)N2. The van der Waals surface area contributed by atoms with E-state index in [2.05, 4.69) is 15.4 Å². The van der Waals surface area contributed by atoms with E-state index in [1.807, 2.05) is 6.08 Å². The summed E-state index contributed by atoms with van der Waals surface area (Å²) in [6, 6.07) is 2.82. The fraction of sp³-hybridized carbons (Fsp3) is 0.400. The lowest BCUT2D eigenvalue weighted by Gasteiger charge is -2.21. The Bertz CT molecular complexity index is 789. The standard InChI is InChI=1S/C15H19N3O5S/c1-22-13-6-11-12(23-9-15(19)18-11)7-14(13)24(20,21)17-8-10-2-4-16-5-3-10/h2,6-7,16-17H,3-5,8-9H2,1H3,(H,18,19). The summed E-state index contributed by atoms with van der Waals surface area (Å²) in [7, 11) is -2.40. The quantitative estimate of drug-likeness (QED) is 0.654. The Balaban J connectivity index is 1.86. The molecule has 130 valence electrons. The Kier molecular flexibility index (Phi) is 4.74. The van der Waals surface area contributed by atoms with Crippen LogP contribution in [0.25, 0.3) is 0 Å². The van der Waals surface area contributed by atoms with E-state index in [0.29, 0.717) is 11.4 Å². The van der Waals surface area contributed by atoms with E-state index in [0.717, 1.165) is 25.1 Å². The maximum absolute atomic E-state index is 12.6. The minimum Gasteiger partial charge on any atom is -0.495 e. The van der Waals surface area contributed by atoms with Gasteiger partial charge in [0.2, 0.25) is 10.0 Å². The van der Waals surface area contributed by atoms with E-state index < -0.39 is 10.0 Å². The second-order valence-electron chi connectivity index (χ2n) is 5.48. The summed E-state index contributed by atoms with van der Waals surface area (Å²) in [5, 5.41) is 5.80. The van der Waals surface area contributed by atoms with Crippen molar-refractivity contribution < 1.29 is 22.7 Å². The maximum Gasteiger partial charge on any atom is 0.262 e. The number of amides is 1. The molecule has 2 aliphatic rings.